The molecule has 2 heterocycles. The highest BCUT2D eigenvalue weighted by atomic mass is 35.5. The molecule has 0 aliphatic carbocycles. The fraction of sp³-hybridized carbons (Fsp3) is 0.190. The van der Waals surface area contributed by atoms with Gasteiger partial charge in [-0.2, -0.15) is 10.4 Å². The van der Waals surface area contributed by atoms with E-state index in [1.165, 1.54) is 24.3 Å². The molecule has 1 atom stereocenters. The number of hydrogen-bond donors (Lipinski definition) is 3. The predicted molar refractivity (Wildman–Crippen MR) is 112 cm³/mol. The van der Waals surface area contributed by atoms with Gasteiger partial charge >= 0.3 is 0 Å². The van der Waals surface area contributed by atoms with E-state index in [2.05, 4.69) is 20.8 Å². The summed E-state index contributed by atoms with van der Waals surface area (Å²) in [6.45, 7) is 2.27. The number of aromatic nitrogens is 2. The van der Waals surface area contributed by atoms with Gasteiger partial charge in [0.25, 0.3) is 5.91 Å². The molecular weight excluding hydrogens is 409 g/mol. The van der Waals surface area contributed by atoms with Crippen molar-refractivity contribution >= 4 is 24.0 Å². The zero-order valence-electron chi connectivity index (χ0n) is 15.8. The Morgan fingerprint density at radius 2 is 2.03 bits per heavy atom. The first-order valence-corrected chi connectivity index (χ1v) is 9.13. The molecule has 1 aromatic heterocycles. The summed E-state index contributed by atoms with van der Waals surface area (Å²) in [6, 6.07) is 14.8. The van der Waals surface area contributed by atoms with Crippen LogP contribution in [0.1, 0.15) is 27.7 Å². The van der Waals surface area contributed by atoms with Crippen LogP contribution in [0.25, 0.3) is 11.3 Å². The van der Waals surface area contributed by atoms with Gasteiger partial charge in [0.2, 0.25) is 0 Å². The largest absolute Gasteiger partial charge is 0.371 e. The van der Waals surface area contributed by atoms with Gasteiger partial charge in [0.05, 0.1) is 30.0 Å². The lowest BCUT2D eigenvalue weighted by atomic mass is 10.1. The SMILES string of the molecule is Cl.N#Cc1ccc(F)c(-c2cc(C(=O)Nc3ccc(C4CNCCO4)cc3)[nH]n2)c1. The number of morpholine rings is 1. The monoisotopic (exact) mass is 427 g/mol. The normalized spacial score (nSPS) is 15.7. The number of nitrogens with one attached hydrogen (secondary N) is 3. The number of ether oxygens (including phenoxy) is 1. The molecule has 1 aliphatic rings. The highest BCUT2D eigenvalue weighted by molar-refractivity contribution is 6.03. The lowest BCUT2D eigenvalue weighted by Gasteiger charge is -2.24. The molecule has 0 spiro atoms. The number of nitrogens with zero attached hydrogens (tertiary/aromatic N) is 2. The van der Waals surface area contributed by atoms with Gasteiger partial charge in [-0.15, -0.1) is 12.4 Å². The van der Waals surface area contributed by atoms with E-state index in [1.54, 1.807) is 12.1 Å². The molecule has 1 saturated heterocycles. The van der Waals surface area contributed by atoms with Crippen molar-refractivity contribution in [2.75, 3.05) is 25.0 Å². The number of hydrogen-bond acceptors (Lipinski definition) is 5. The predicted octanol–water partition coefficient (Wildman–Crippen LogP) is 3.42. The minimum absolute atomic E-state index is 0. The lowest BCUT2D eigenvalue weighted by Crippen LogP contribution is -2.33. The average molecular weight is 428 g/mol. The molecule has 1 unspecified atom stereocenters. The maximum atomic E-state index is 14.1. The van der Waals surface area contributed by atoms with E-state index in [1.807, 2.05) is 18.2 Å². The molecule has 154 valence electrons. The van der Waals surface area contributed by atoms with E-state index in [4.69, 9.17) is 10.00 Å². The van der Waals surface area contributed by atoms with Crippen LogP contribution < -0.4 is 10.6 Å². The summed E-state index contributed by atoms with van der Waals surface area (Å²) < 4.78 is 19.8. The number of carbonyl (C=O) groups excluding carboxylic acids is 1. The second-order valence-corrected chi connectivity index (χ2v) is 6.61. The lowest BCUT2D eigenvalue weighted by molar-refractivity contribution is 0.0277. The molecule has 7 nitrogen and oxygen atoms in total. The smallest absolute Gasteiger partial charge is 0.273 e. The Morgan fingerprint density at radius 1 is 1.23 bits per heavy atom. The number of anilines is 1. The second-order valence-electron chi connectivity index (χ2n) is 6.61. The van der Waals surface area contributed by atoms with E-state index in [0.29, 0.717) is 17.9 Å². The van der Waals surface area contributed by atoms with Gasteiger partial charge in [-0.25, -0.2) is 4.39 Å². The Balaban J connectivity index is 0.00000256. The van der Waals surface area contributed by atoms with Crippen LogP contribution in [0.3, 0.4) is 0 Å². The number of aromatic amines is 1. The summed E-state index contributed by atoms with van der Waals surface area (Å²) >= 11 is 0. The molecule has 0 saturated carbocycles. The van der Waals surface area contributed by atoms with Crippen molar-refractivity contribution in [3.63, 3.8) is 0 Å². The van der Waals surface area contributed by atoms with E-state index in [-0.39, 0.29) is 35.5 Å². The van der Waals surface area contributed by atoms with Crippen LogP contribution in [0, 0.1) is 17.1 Å². The number of nitriles is 1. The average Bonchev–Trinajstić information content (AvgIpc) is 3.25. The number of halogens is 2. The Morgan fingerprint density at radius 3 is 2.73 bits per heavy atom. The molecule has 3 N–H and O–H groups in total. The molecule has 1 amide bonds. The van der Waals surface area contributed by atoms with Gasteiger partial charge in [0, 0.05) is 24.3 Å². The van der Waals surface area contributed by atoms with Crippen LogP contribution in [0.15, 0.2) is 48.5 Å². The van der Waals surface area contributed by atoms with Gasteiger partial charge in [-0.05, 0) is 42.0 Å². The number of rotatable bonds is 4. The first-order valence-electron chi connectivity index (χ1n) is 9.13. The van der Waals surface area contributed by atoms with Crippen LogP contribution >= 0.6 is 12.4 Å². The molecule has 2 aromatic carbocycles. The molecule has 4 rings (SSSR count). The Labute approximate surface area is 178 Å². The van der Waals surface area contributed by atoms with Gasteiger partial charge in [-0.3, -0.25) is 9.89 Å². The third kappa shape index (κ3) is 4.66. The second kappa shape index (κ2) is 9.50. The van der Waals surface area contributed by atoms with E-state index in [0.717, 1.165) is 18.7 Å². The van der Waals surface area contributed by atoms with Crippen LogP contribution in [0.4, 0.5) is 10.1 Å². The Hall–Kier alpha value is -3.25. The van der Waals surface area contributed by atoms with Crippen LogP contribution in [0.5, 0.6) is 0 Å². The van der Waals surface area contributed by atoms with Crippen molar-refractivity contribution in [2.24, 2.45) is 0 Å². The maximum absolute atomic E-state index is 14.1. The molecule has 9 heteroatoms. The molecule has 0 bridgehead atoms. The molecular formula is C21H19ClFN5O2. The van der Waals surface area contributed by atoms with Gasteiger partial charge < -0.3 is 15.4 Å². The number of amides is 1. The summed E-state index contributed by atoms with van der Waals surface area (Å²) in [7, 11) is 0. The fourth-order valence-electron chi connectivity index (χ4n) is 3.13. The number of benzene rings is 2. The summed E-state index contributed by atoms with van der Waals surface area (Å²) in [4.78, 5) is 12.5. The minimum atomic E-state index is -0.516. The Kier molecular flexibility index (Phi) is 6.79. The zero-order chi connectivity index (χ0) is 20.2. The van der Waals surface area contributed by atoms with Gasteiger partial charge in [-0.1, -0.05) is 12.1 Å². The molecule has 3 aromatic rings. The summed E-state index contributed by atoms with van der Waals surface area (Å²) in [6.07, 6.45) is 0.00253. The summed E-state index contributed by atoms with van der Waals surface area (Å²) in [5.74, 6) is -0.915. The van der Waals surface area contributed by atoms with Crippen molar-refractivity contribution in [3.8, 4) is 17.3 Å². The van der Waals surface area contributed by atoms with E-state index >= 15 is 0 Å². The molecule has 30 heavy (non-hydrogen) atoms. The molecule has 1 fully saturated rings. The quantitative estimate of drug-likeness (QED) is 0.592. The third-order valence-corrected chi connectivity index (χ3v) is 4.66. The standard InChI is InChI=1S/C21H18FN5O2.ClH/c22-17-6-1-13(11-23)9-16(17)18-10-19(27-26-18)21(28)25-15-4-2-14(3-5-15)20-12-24-7-8-29-20;/h1-6,9-10,20,24H,7-8,12H2,(H,25,28)(H,26,27);1H. The highest BCUT2D eigenvalue weighted by Gasteiger charge is 2.17. The highest BCUT2D eigenvalue weighted by Crippen LogP contribution is 2.24. The first kappa shape index (κ1) is 21.5. The third-order valence-electron chi connectivity index (χ3n) is 4.66. The number of carbonyl (C=O) groups is 1. The molecule has 1 aliphatic heterocycles. The van der Waals surface area contributed by atoms with Crippen LogP contribution in [-0.4, -0.2) is 35.8 Å². The van der Waals surface area contributed by atoms with Crippen molar-refractivity contribution in [1.82, 2.24) is 15.5 Å². The van der Waals surface area contributed by atoms with Gasteiger partial charge in [0.1, 0.15) is 11.5 Å². The fourth-order valence-corrected chi connectivity index (χ4v) is 3.13. The first-order chi connectivity index (χ1) is 14.1. The van der Waals surface area contributed by atoms with E-state index in [9.17, 15) is 9.18 Å². The minimum Gasteiger partial charge on any atom is -0.371 e. The Bertz CT molecular complexity index is 1070. The summed E-state index contributed by atoms with van der Waals surface area (Å²) in [5.41, 5.74) is 2.56. The van der Waals surface area contributed by atoms with Crippen molar-refractivity contribution in [3.05, 3.63) is 71.2 Å². The maximum Gasteiger partial charge on any atom is 0.273 e. The van der Waals surface area contributed by atoms with Gasteiger partial charge in [0.15, 0.2) is 0 Å². The number of H-pyrrole nitrogens is 1. The van der Waals surface area contributed by atoms with Crippen LogP contribution in [-0.2, 0) is 4.74 Å². The van der Waals surface area contributed by atoms with Crippen molar-refractivity contribution in [2.45, 2.75) is 6.10 Å². The molecule has 0 radical (unpaired) electrons. The summed E-state index contributed by atoms with van der Waals surface area (Å²) in [5, 5.41) is 21.7. The van der Waals surface area contributed by atoms with E-state index < -0.39 is 11.7 Å². The van der Waals surface area contributed by atoms with Crippen LogP contribution in [0.2, 0.25) is 0 Å². The zero-order valence-corrected chi connectivity index (χ0v) is 16.6. The topological polar surface area (TPSA) is 103 Å². The van der Waals surface area contributed by atoms with Crippen molar-refractivity contribution < 1.29 is 13.9 Å². The van der Waals surface area contributed by atoms with Crippen molar-refractivity contribution in [1.29, 1.82) is 5.26 Å².